The standard InChI is InChI=1S/C21H13BrF5N3O/c1-11-29-14-8-17(22)28-9-16(14)30(11)15-7-13(21(25,26)27)18(23)20(19(15)24)31-10-12-5-3-2-4-6-12/h2-9H,10H2,1H3. The molecule has 4 aromatic rings. The molecule has 0 bridgehead atoms. The summed E-state index contributed by atoms with van der Waals surface area (Å²) in [4.78, 5) is 8.27. The maximum atomic E-state index is 15.3. The van der Waals surface area contributed by atoms with Gasteiger partial charge in [-0.05, 0) is 40.5 Å². The van der Waals surface area contributed by atoms with Gasteiger partial charge < -0.3 is 4.74 Å². The van der Waals surface area contributed by atoms with E-state index >= 15 is 4.39 Å². The Morgan fingerprint density at radius 1 is 1.06 bits per heavy atom. The van der Waals surface area contributed by atoms with Gasteiger partial charge in [-0.25, -0.2) is 18.7 Å². The molecule has 0 aliphatic heterocycles. The molecule has 0 atom stereocenters. The van der Waals surface area contributed by atoms with E-state index in [1.807, 2.05) is 0 Å². The molecule has 0 fully saturated rings. The van der Waals surface area contributed by atoms with Gasteiger partial charge in [0.1, 0.15) is 17.0 Å². The predicted molar refractivity (Wildman–Crippen MR) is 107 cm³/mol. The first-order valence-corrected chi connectivity index (χ1v) is 9.73. The number of pyridine rings is 1. The molecule has 10 heteroatoms. The van der Waals surface area contributed by atoms with Crippen LogP contribution in [0.3, 0.4) is 0 Å². The third-order valence-electron chi connectivity index (χ3n) is 4.59. The summed E-state index contributed by atoms with van der Waals surface area (Å²) in [5.41, 5.74) is -1.01. The van der Waals surface area contributed by atoms with Crippen LogP contribution in [-0.4, -0.2) is 14.5 Å². The molecule has 0 aliphatic rings. The van der Waals surface area contributed by atoms with Crippen molar-refractivity contribution in [3.8, 4) is 11.4 Å². The van der Waals surface area contributed by atoms with Crippen LogP contribution >= 0.6 is 15.9 Å². The van der Waals surface area contributed by atoms with E-state index in [-0.39, 0.29) is 17.9 Å². The van der Waals surface area contributed by atoms with E-state index in [2.05, 4.69) is 25.9 Å². The smallest absolute Gasteiger partial charge is 0.419 e. The Morgan fingerprint density at radius 3 is 2.45 bits per heavy atom. The van der Waals surface area contributed by atoms with Crippen molar-refractivity contribution in [3.63, 3.8) is 0 Å². The molecular weight excluding hydrogens is 485 g/mol. The molecule has 2 aromatic carbocycles. The molecule has 31 heavy (non-hydrogen) atoms. The van der Waals surface area contributed by atoms with Gasteiger partial charge in [-0.3, -0.25) is 4.57 Å². The minimum Gasteiger partial charge on any atom is -0.483 e. The van der Waals surface area contributed by atoms with Crippen molar-refractivity contribution in [2.45, 2.75) is 19.7 Å². The number of fused-ring (bicyclic) bond motifs is 1. The molecular formula is C21H13BrF5N3O. The van der Waals surface area contributed by atoms with Crippen molar-refractivity contribution >= 4 is 27.0 Å². The largest absolute Gasteiger partial charge is 0.483 e. The first-order valence-electron chi connectivity index (χ1n) is 8.93. The number of halogens is 6. The van der Waals surface area contributed by atoms with Gasteiger partial charge in [-0.2, -0.15) is 13.2 Å². The van der Waals surface area contributed by atoms with Gasteiger partial charge in [-0.1, -0.05) is 30.3 Å². The summed E-state index contributed by atoms with van der Waals surface area (Å²) in [5.74, 6) is -4.00. The van der Waals surface area contributed by atoms with Gasteiger partial charge in [0.05, 0.1) is 28.5 Å². The number of alkyl halides is 3. The molecule has 4 rings (SSSR count). The summed E-state index contributed by atoms with van der Waals surface area (Å²) in [6, 6.07) is 10.3. The van der Waals surface area contributed by atoms with Crippen LogP contribution in [0.4, 0.5) is 22.0 Å². The molecule has 0 radical (unpaired) electrons. The molecule has 0 aliphatic carbocycles. The number of aromatic nitrogens is 3. The van der Waals surface area contributed by atoms with E-state index in [1.165, 1.54) is 19.2 Å². The zero-order valence-electron chi connectivity index (χ0n) is 15.8. The van der Waals surface area contributed by atoms with Crippen molar-refractivity contribution in [2.75, 3.05) is 0 Å². The Balaban J connectivity index is 1.92. The van der Waals surface area contributed by atoms with Crippen molar-refractivity contribution in [1.29, 1.82) is 0 Å². The second-order valence-corrected chi connectivity index (χ2v) is 7.48. The van der Waals surface area contributed by atoms with Crippen LogP contribution < -0.4 is 4.74 Å². The van der Waals surface area contributed by atoms with Gasteiger partial charge >= 0.3 is 6.18 Å². The van der Waals surface area contributed by atoms with Crippen LogP contribution in [0.2, 0.25) is 0 Å². The topological polar surface area (TPSA) is 39.9 Å². The lowest BCUT2D eigenvalue weighted by Gasteiger charge is -2.18. The Bertz CT molecular complexity index is 1270. The van der Waals surface area contributed by atoms with Gasteiger partial charge in [0.15, 0.2) is 17.4 Å². The Hall–Kier alpha value is -3.01. The van der Waals surface area contributed by atoms with E-state index in [0.717, 1.165) is 4.57 Å². The predicted octanol–water partition coefficient (Wildman–Crippen LogP) is 6.37. The fourth-order valence-corrected chi connectivity index (χ4v) is 3.52. The fraction of sp³-hybridized carbons (Fsp3) is 0.143. The molecule has 2 heterocycles. The maximum Gasteiger partial charge on any atom is 0.419 e. The van der Waals surface area contributed by atoms with Gasteiger partial charge in [-0.15, -0.1) is 0 Å². The summed E-state index contributed by atoms with van der Waals surface area (Å²) in [7, 11) is 0. The van der Waals surface area contributed by atoms with E-state index in [1.54, 1.807) is 30.3 Å². The fourth-order valence-electron chi connectivity index (χ4n) is 3.20. The molecule has 2 aromatic heterocycles. The summed E-state index contributed by atoms with van der Waals surface area (Å²) in [6.07, 6.45) is -3.73. The maximum absolute atomic E-state index is 15.3. The summed E-state index contributed by atoms with van der Waals surface area (Å²) in [5, 5.41) is 0. The van der Waals surface area contributed by atoms with Crippen molar-refractivity contribution in [1.82, 2.24) is 14.5 Å². The highest BCUT2D eigenvalue weighted by Gasteiger charge is 2.38. The second kappa shape index (κ2) is 7.92. The third kappa shape index (κ3) is 3.99. The number of benzene rings is 2. The quantitative estimate of drug-likeness (QED) is 0.243. The normalized spacial score (nSPS) is 11.8. The highest BCUT2D eigenvalue weighted by Crippen LogP contribution is 2.40. The number of ether oxygens (including phenoxy) is 1. The number of hydrogen-bond donors (Lipinski definition) is 0. The second-order valence-electron chi connectivity index (χ2n) is 6.66. The van der Waals surface area contributed by atoms with Gasteiger partial charge in [0.25, 0.3) is 0 Å². The highest BCUT2D eigenvalue weighted by atomic mass is 79.9. The molecule has 0 unspecified atom stereocenters. The van der Waals surface area contributed by atoms with E-state index in [0.29, 0.717) is 21.7 Å². The average Bonchev–Trinajstić information content (AvgIpc) is 3.02. The lowest BCUT2D eigenvalue weighted by atomic mass is 10.1. The van der Waals surface area contributed by atoms with Crippen molar-refractivity contribution < 1.29 is 26.7 Å². The Kier molecular flexibility index (Phi) is 5.42. The van der Waals surface area contributed by atoms with Crippen LogP contribution in [0.5, 0.6) is 5.75 Å². The highest BCUT2D eigenvalue weighted by molar-refractivity contribution is 9.10. The summed E-state index contributed by atoms with van der Waals surface area (Å²) < 4.78 is 77.5. The van der Waals surface area contributed by atoms with Gasteiger partial charge in [0, 0.05) is 0 Å². The van der Waals surface area contributed by atoms with Crippen LogP contribution in [0.25, 0.3) is 16.7 Å². The molecule has 4 nitrogen and oxygen atoms in total. The molecule has 0 N–H and O–H groups in total. The van der Waals surface area contributed by atoms with Crippen molar-refractivity contribution in [2.24, 2.45) is 0 Å². The number of imidazole rings is 1. The number of hydrogen-bond acceptors (Lipinski definition) is 3. The lowest BCUT2D eigenvalue weighted by molar-refractivity contribution is -0.140. The molecule has 0 spiro atoms. The SMILES string of the molecule is Cc1nc2cc(Br)ncc2n1-c1cc(C(F)(F)F)c(F)c(OCc2ccccc2)c1F. The Morgan fingerprint density at radius 2 is 1.77 bits per heavy atom. The minimum absolute atomic E-state index is 0.197. The van der Waals surface area contributed by atoms with E-state index < -0.39 is 34.8 Å². The number of nitrogens with zero attached hydrogens (tertiary/aromatic N) is 3. The molecule has 0 saturated heterocycles. The zero-order valence-corrected chi connectivity index (χ0v) is 17.4. The van der Waals surface area contributed by atoms with Crippen LogP contribution in [0.1, 0.15) is 17.0 Å². The lowest BCUT2D eigenvalue weighted by Crippen LogP contribution is -2.14. The van der Waals surface area contributed by atoms with E-state index in [4.69, 9.17) is 4.74 Å². The molecule has 0 saturated carbocycles. The van der Waals surface area contributed by atoms with Crippen LogP contribution in [-0.2, 0) is 12.8 Å². The molecule has 160 valence electrons. The first-order chi connectivity index (χ1) is 14.7. The van der Waals surface area contributed by atoms with Crippen molar-refractivity contribution in [3.05, 3.63) is 81.9 Å². The first kappa shape index (κ1) is 21.2. The average molecular weight is 498 g/mol. The van der Waals surface area contributed by atoms with E-state index in [9.17, 15) is 17.6 Å². The number of rotatable bonds is 4. The molecule has 0 amide bonds. The van der Waals surface area contributed by atoms with Crippen LogP contribution in [0.15, 0.2) is 53.3 Å². The Labute approximate surface area is 181 Å². The van der Waals surface area contributed by atoms with Crippen LogP contribution in [0, 0.1) is 18.6 Å². The monoisotopic (exact) mass is 497 g/mol. The zero-order chi connectivity index (χ0) is 22.3. The summed E-state index contributed by atoms with van der Waals surface area (Å²) in [6.45, 7) is 1.18. The van der Waals surface area contributed by atoms with Gasteiger partial charge in [0.2, 0.25) is 0 Å². The number of aryl methyl sites for hydroxylation is 1. The summed E-state index contributed by atoms with van der Waals surface area (Å²) >= 11 is 3.19. The minimum atomic E-state index is -5.07. The third-order valence-corrected chi connectivity index (χ3v) is 5.02.